The number of hydrogen-bond donors (Lipinski definition) is 1. The Bertz CT molecular complexity index is 399. The Morgan fingerprint density at radius 1 is 1.62 bits per heavy atom. The number of carbonyl (C=O) groups is 1. The van der Waals surface area contributed by atoms with Crippen LogP contribution in [0.15, 0.2) is 27.8 Å². The number of rotatable bonds is 2. The van der Waals surface area contributed by atoms with Gasteiger partial charge >= 0.3 is 5.97 Å². The Kier molecular flexibility index (Phi) is 2.89. The Morgan fingerprint density at radius 3 is 2.85 bits per heavy atom. The number of azide groups is 1. The molecule has 0 aromatic heterocycles. The van der Waals surface area contributed by atoms with Crippen molar-refractivity contribution in [1.82, 2.24) is 0 Å². The zero-order valence-electron chi connectivity index (χ0n) is 6.31. The molecule has 1 N–H and O–H groups in total. The molecule has 0 heterocycles. The maximum Gasteiger partial charge on any atom is 0.336 e. The van der Waals surface area contributed by atoms with Gasteiger partial charge < -0.3 is 5.11 Å². The van der Waals surface area contributed by atoms with Crippen molar-refractivity contribution in [2.24, 2.45) is 5.11 Å². The first-order chi connectivity index (χ1) is 6.15. The maximum absolute atomic E-state index is 10.6. The summed E-state index contributed by atoms with van der Waals surface area (Å²) in [4.78, 5) is 13.1. The van der Waals surface area contributed by atoms with Crippen molar-refractivity contribution < 1.29 is 9.90 Å². The molecule has 0 saturated heterocycles. The van der Waals surface area contributed by atoms with Crippen molar-refractivity contribution in [3.8, 4) is 0 Å². The number of aromatic carboxylic acids is 1. The van der Waals surface area contributed by atoms with E-state index in [9.17, 15) is 4.79 Å². The van der Waals surface area contributed by atoms with Gasteiger partial charge in [0.2, 0.25) is 0 Å². The van der Waals surface area contributed by atoms with E-state index >= 15 is 0 Å². The smallest absolute Gasteiger partial charge is 0.336 e. The van der Waals surface area contributed by atoms with E-state index in [1.165, 1.54) is 12.1 Å². The molecule has 0 aliphatic heterocycles. The SMILES string of the molecule is [N-]=[N+]=Nc1cc(Br)ccc1C(=O)O. The molecule has 0 fully saturated rings. The van der Waals surface area contributed by atoms with Gasteiger partial charge in [0.05, 0.1) is 11.3 Å². The highest BCUT2D eigenvalue weighted by Crippen LogP contribution is 2.24. The van der Waals surface area contributed by atoms with Gasteiger partial charge in [-0.15, -0.1) is 0 Å². The van der Waals surface area contributed by atoms with Gasteiger partial charge in [-0.3, -0.25) is 0 Å². The molecule has 0 bridgehead atoms. The van der Waals surface area contributed by atoms with E-state index in [1.807, 2.05) is 0 Å². The lowest BCUT2D eigenvalue weighted by Gasteiger charge is -1.99. The van der Waals surface area contributed by atoms with E-state index in [4.69, 9.17) is 10.6 Å². The van der Waals surface area contributed by atoms with Gasteiger partial charge in [-0.25, -0.2) is 4.79 Å². The van der Waals surface area contributed by atoms with Gasteiger partial charge in [0.1, 0.15) is 0 Å². The summed E-state index contributed by atoms with van der Waals surface area (Å²) in [5.41, 5.74) is 8.26. The van der Waals surface area contributed by atoms with Crippen LogP contribution in [0.5, 0.6) is 0 Å². The number of halogens is 1. The normalized spacial score (nSPS) is 9.00. The van der Waals surface area contributed by atoms with E-state index in [-0.39, 0.29) is 11.3 Å². The van der Waals surface area contributed by atoms with Crippen molar-refractivity contribution in [1.29, 1.82) is 0 Å². The van der Waals surface area contributed by atoms with E-state index in [2.05, 4.69) is 26.0 Å². The second-order valence-electron chi connectivity index (χ2n) is 2.16. The van der Waals surface area contributed by atoms with Crippen LogP contribution in [0.3, 0.4) is 0 Å². The summed E-state index contributed by atoms with van der Waals surface area (Å²) in [5.74, 6) is -1.12. The third-order valence-corrected chi connectivity index (χ3v) is 1.84. The van der Waals surface area contributed by atoms with Crippen LogP contribution in [-0.2, 0) is 0 Å². The third-order valence-electron chi connectivity index (χ3n) is 1.34. The summed E-state index contributed by atoms with van der Waals surface area (Å²) in [6.07, 6.45) is 0. The predicted octanol–water partition coefficient (Wildman–Crippen LogP) is 3.09. The number of benzene rings is 1. The van der Waals surface area contributed by atoms with E-state index < -0.39 is 5.97 Å². The van der Waals surface area contributed by atoms with Gasteiger partial charge in [0.25, 0.3) is 0 Å². The van der Waals surface area contributed by atoms with Crippen LogP contribution in [-0.4, -0.2) is 11.1 Å². The Morgan fingerprint density at radius 2 is 2.31 bits per heavy atom. The lowest BCUT2D eigenvalue weighted by Crippen LogP contribution is -1.95. The van der Waals surface area contributed by atoms with Crippen LogP contribution in [0.25, 0.3) is 10.4 Å². The number of nitrogens with zero attached hydrogens (tertiary/aromatic N) is 3. The molecule has 0 radical (unpaired) electrons. The van der Waals surface area contributed by atoms with Crippen LogP contribution in [0.1, 0.15) is 10.4 Å². The van der Waals surface area contributed by atoms with Gasteiger partial charge in [0.15, 0.2) is 0 Å². The minimum Gasteiger partial charge on any atom is -0.478 e. The highest BCUT2D eigenvalue weighted by Gasteiger charge is 2.08. The standard InChI is InChI=1S/C7H4BrN3O2/c8-4-1-2-5(7(12)13)6(3-4)10-11-9/h1-3H,(H,12,13). The largest absolute Gasteiger partial charge is 0.478 e. The number of carboxylic acids is 1. The molecule has 66 valence electrons. The predicted molar refractivity (Wildman–Crippen MR) is 49.9 cm³/mol. The summed E-state index contributed by atoms with van der Waals surface area (Å²) in [6, 6.07) is 4.39. The van der Waals surface area contributed by atoms with Crippen molar-refractivity contribution >= 4 is 27.6 Å². The van der Waals surface area contributed by atoms with Crippen LogP contribution < -0.4 is 0 Å². The molecule has 0 amide bonds. The topological polar surface area (TPSA) is 86.1 Å². The number of carboxylic acid groups (broad SMARTS) is 1. The minimum absolute atomic E-state index is 0.0130. The van der Waals surface area contributed by atoms with E-state index in [0.29, 0.717) is 4.47 Å². The molecule has 6 heteroatoms. The maximum atomic E-state index is 10.6. The first kappa shape index (κ1) is 9.57. The Balaban J connectivity index is 3.34. The van der Waals surface area contributed by atoms with Crippen molar-refractivity contribution in [3.05, 3.63) is 38.7 Å². The summed E-state index contributed by atoms with van der Waals surface area (Å²) in [6.45, 7) is 0. The first-order valence-electron chi connectivity index (χ1n) is 3.23. The highest BCUT2D eigenvalue weighted by molar-refractivity contribution is 9.10. The highest BCUT2D eigenvalue weighted by atomic mass is 79.9. The summed E-state index contributed by atoms with van der Waals surface area (Å²) in [5, 5.41) is 11.9. The fourth-order valence-electron chi connectivity index (χ4n) is 0.817. The second kappa shape index (κ2) is 3.93. The molecule has 0 atom stereocenters. The van der Waals surface area contributed by atoms with Gasteiger partial charge in [-0.2, -0.15) is 0 Å². The van der Waals surface area contributed by atoms with Crippen LogP contribution in [0.2, 0.25) is 0 Å². The fourth-order valence-corrected chi connectivity index (χ4v) is 1.17. The Labute approximate surface area is 81.8 Å². The summed E-state index contributed by atoms with van der Waals surface area (Å²) in [7, 11) is 0. The number of hydrogen-bond acceptors (Lipinski definition) is 2. The van der Waals surface area contributed by atoms with Crippen LogP contribution in [0, 0.1) is 0 Å². The van der Waals surface area contributed by atoms with Crippen molar-refractivity contribution in [2.45, 2.75) is 0 Å². The molecule has 0 saturated carbocycles. The quantitative estimate of drug-likeness (QED) is 0.490. The average Bonchev–Trinajstić information content (AvgIpc) is 2.04. The lowest BCUT2D eigenvalue weighted by atomic mass is 10.2. The second-order valence-corrected chi connectivity index (χ2v) is 3.07. The van der Waals surface area contributed by atoms with Crippen molar-refractivity contribution in [3.63, 3.8) is 0 Å². The van der Waals surface area contributed by atoms with E-state index in [1.54, 1.807) is 6.07 Å². The van der Waals surface area contributed by atoms with Crippen LogP contribution >= 0.6 is 15.9 Å². The van der Waals surface area contributed by atoms with Gasteiger partial charge in [-0.05, 0) is 23.7 Å². The zero-order chi connectivity index (χ0) is 9.84. The van der Waals surface area contributed by atoms with Gasteiger partial charge in [0, 0.05) is 9.38 Å². The van der Waals surface area contributed by atoms with E-state index in [0.717, 1.165) is 0 Å². The molecular formula is C7H4BrN3O2. The monoisotopic (exact) mass is 241 g/mol. The van der Waals surface area contributed by atoms with Crippen LogP contribution in [0.4, 0.5) is 5.69 Å². The lowest BCUT2D eigenvalue weighted by molar-refractivity contribution is 0.0698. The summed E-state index contributed by atoms with van der Waals surface area (Å²) >= 11 is 3.14. The van der Waals surface area contributed by atoms with Crippen molar-refractivity contribution in [2.75, 3.05) is 0 Å². The first-order valence-corrected chi connectivity index (χ1v) is 4.02. The molecule has 0 spiro atoms. The molecular weight excluding hydrogens is 238 g/mol. The molecule has 0 aliphatic carbocycles. The molecule has 1 aromatic rings. The average molecular weight is 242 g/mol. The molecule has 1 aromatic carbocycles. The fraction of sp³-hybridized carbons (Fsp3) is 0. The molecule has 13 heavy (non-hydrogen) atoms. The third kappa shape index (κ3) is 2.21. The molecule has 0 aliphatic rings. The molecule has 0 unspecified atom stereocenters. The molecule has 1 rings (SSSR count). The molecule has 5 nitrogen and oxygen atoms in total. The van der Waals surface area contributed by atoms with Gasteiger partial charge in [-0.1, -0.05) is 21.0 Å². The zero-order valence-corrected chi connectivity index (χ0v) is 7.89. The minimum atomic E-state index is -1.12. The summed E-state index contributed by atoms with van der Waals surface area (Å²) < 4.78 is 0.667. The Hall–Kier alpha value is -1.52.